The molecule has 0 radical (unpaired) electrons. The number of imide groups is 1. The van der Waals surface area contributed by atoms with Crippen LogP contribution in [-0.4, -0.2) is 59.8 Å². The lowest BCUT2D eigenvalue weighted by Crippen LogP contribution is -2.48. The van der Waals surface area contributed by atoms with Crippen LogP contribution in [0.2, 0.25) is 0 Å². The van der Waals surface area contributed by atoms with Gasteiger partial charge in [0.2, 0.25) is 11.8 Å². The highest BCUT2D eigenvalue weighted by Gasteiger charge is 2.63. The summed E-state index contributed by atoms with van der Waals surface area (Å²) in [6, 6.07) is 6.79. The number of ketones is 1. The first-order chi connectivity index (χ1) is 14.0. The topological polar surface area (TPSA) is 79.8 Å². The van der Waals surface area contributed by atoms with Crippen LogP contribution >= 0.6 is 0 Å². The molecule has 0 spiro atoms. The Labute approximate surface area is 167 Å². The Morgan fingerprint density at radius 3 is 2.72 bits per heavy atom. The Balaban J connectivity index is 1.67. The highest BCUT2D eigenvalue weighted by atomic mass is 16.5. The molecule has 1 aromatic carbocycles. The van der Waals surface area contributed by atoms with Crippen molar-refractivity contribution >= 4 is 40.3 Å². The molecule has 1 aromatic heterocycles. The minimum Gasteiger partial charge on any atom is -0.383 e. The van der Waals surface area contributed by atoms with Crippen LogP contribution < -0.4 is 4.90 Å². The number of fused-ring (bicyclic) bond motifs is 7. The lowest BCUT2D eigenvalue weighted by Gasteiger charge is -2.36. The van der Waals surface area contributed by atoms with Gasteiger partial charge in [-0.1, -0.05) is 30.4 Å². The Morgan fingerprint density at radius 2 is 1.97 bits per heavy atom. The van der Waals surface area contributed by atoms with Gasteiger partial charge in [0.25, 0.3) is 0 Å². The molecule has 2 saturated heterocycles. The van der Waals surface area contributed by atoms with Crippen molar-refractivity contribution < 1.29 is 19.1 Å². The summed E-state index contributed by atoms with van der Waals surface area (Å²) in [4.78, 5) is 46.9. The van der Waals surface area contributed by atoms with Gasteiger partial charge < -0.3 is 9.64 Å². The first-order valence-corrected chi connectivity index (χ1v) is 9.73. The average Bonchev–Trinajstić information content (AvgIpc) is 3.19. The molecule has 4 atom stereocenters. The first-order valence-electron chi connectivity index (χ1n) is 9.73. The van der Waals surface area contributed by atoms with E-state index in [-0.39, 0.29) is 36.8 Å². The number of ether oxygens (including phenoxy) is 1. The molecule has 7 heteroatoms. The first kappa shape index (κ1) is 18.0. The molecule has 0 bridgehead atoms. The zero-order chi connectivity index (χ0) is 20.3. The van der Waals surface area contributed by atoms with E-state index in [0.717, 1.165) is 22.2 Å². The van der Waals surface area contributed by atoms with Crippen molar-refractivity contribution in [2.45, 2.75) is 19.0 Å². The second-order valence-electron chi connectivity index (χ2n) is 7.76. The number of benzene rings is 1. The minimum atomic E-state index is -0.690. The number of amides is 2. The van der Waals surface area contributed by atoms with E-state index in [9.17, 15) is 14.4 Å². The molecular formula is C22H21N3O4. The molecule has 7 nitrogen and oxygen atoms in total. The molecule has 2 amide bonds. The van der Waals surface area contributed by atoms with Crippen molar-refractivity contribution in [2.75, 3.05) is 25.2 Å². The van der Waals surface area contributed by atoms with Gasteiger partial charge in [0.15, 0.2) is 5.78 Å². The summed E-state index contributed by atoms with van der Waals surface area (Å²) in [5.41, 5.74) is 2.55. The number of hydrogen-bond donors (Lipinski definition) is 0. The molecule has 0 N–H and O–H groups in total. The SMILES string of the molecule is COCCN1C(=O)C2C(C1=O)C(C(C)=O)N1c3c(ccc4cccnc34)C=CC21. The maximum absolute atomic E-state index is 13.2. The number of anilines is 1. The minimum absolute atomic E-state index is 0.119. The Hall–Kier alpha value is -3.06. The maximum Gasteiger partial charge on any atom is 0.235 e. The number of methoxy groups -OCH3 is 1. The summed E-state index contributed by atoms with van der Waals surface area (Å²) in [5.74, 6) is -1.88. The van der Waals surface area contributed by atoms with Gasteiger partial charge in [0.1, 0.15) is 6.04 Å². The van der Waals surface area contributed by atoms with Crippen LogP contribution in [0.15, 0.2) is 36.5 Å². The van der Waals surface area contributed by atoms with Gasteiger partial charge in [-0.3, -0.25) is 24.3 Å². The lowest BCUT2D eigenvalue weighted by atomic mass is 9.88. The van der Waals surface area contributed by atoms with Crippen LogP contribution in [0, 0.1) is 11.8 Å². The number of carbonyl (C=O) groups is 3. The van der Waals surface area contributed by atoms with Gasteiger partial charge >= 0.3 is 0 Å². The Kier molecular flexibility index (Phi) is 4.03. The second-order valence-corrected chi connectivity index (χ2v) is 7.76. The molecule has 29 heavy (non-hydrogen) atoms. The van der Waals surface area contributed by atoms with E-state index in [2.05, 4.69) is 4.98 Å². The highest BCUT2D eigenvalue weighted by molar-refractivity contribution is 6.12. The molecule has 148 valence electrons. The number of rotatable bonds is 4. The van der Waals surface area contributed by atoms with Crippen molar-refractivity contribution in [3.63, 3.8) is 0 Å². The summed E-state index contributed by atoms with van der Waals surface area (Å²) in [6.45, 7) is 1.99. The average molecular weight is 391 g/mol. The molecule has 2 fully saturated rings. The number of hydrogen-bond acceptors (Lipinski definition) is 6. The maximum atomic E-state index is 13.2. The number of pyridine rings is 1. The van der Waals surface area contributed by atoms with Crippen molar-refractivity contribution in [3.05, 3.63) is 42.1 Å². The predicted octanol–water partition coefficient (Wildman–Crippen LogP) is 1.66. The molecule has 0 aliphatic carbocycles. The Bertz CT molecular complexity index is 1080. The summed E-state index contributed by atoms with van der Waals surface area (Å²) in [6.07, 6.45) is 5.64. The van der Waals surface area contributed by atoms with Crippen LogP contribution in [0.25, 0.3) is 17.0 Å². The fraction of sp³-hybridized carbons (Fsp3) is 0.364. The third kappa shape index (κ3) is 2.40. The zero-order valence-corrected chi connectivity index (χ0v) is 16.2. The van der Waals surface area contributed by atoms with Crippen molar-refractivity contribution in [2.24, 2.45) is 11.8 Å². The van der Waals surface area contributed by atoms with E-state index in [0.29, 0.717) is 0 Å². The quantitative estimate of drug-likeness (QED) is 0.738. The predicted molar refractivity (Wildman–Crippen MR) is 107 cm³/mol. The number of aromatic nitrogens is 1. The van der Waals surface area contributed by atoms with E-state index in [1.807, 2.05) is 41.3 Å². The van der Waals surface area contributed by atoms with E-state index in [4.69, 9.17) is 4.74 Å². The van der Waals surface area contributed by atoms with Gasteiger partial charge in [0.05, 0.1) is 42.2 Å². The summed E-state index contributed by atoms with van der Waals surface area (Å²) in [7, 11) is 1.53. The van der Waals surface area contributed by atoms with E-state index < -0.39 is 17.9 Å². The van der Waals surface area contributed by atoms with E-state index >= 15 is 0 Å². The van der Waals surface area contributed by atoms with Crippen LogP contribution in [0.4, 0.5) is 5.69 Å². The van der Waals surface area contributed by atoms with Gasteiger partial charge in [-0.2, -0.15) is 0 Å². The van der Waals surface area contributed by atoms with Crippen molar-refractivity contribution in [1.29, 1.82) is 0 Å². The molecule has 5 rings (SSSR count). The third-order valence-corrected chi connectivity index (χ3v) is 6.26. The fourth-order valence-corrected chi connectivity index (χ4v) is 5.10. The summed E-state index contributed by atoms with van der Waals surface area (Å²) in [5, 5.41) is 0.957. The molecule has 3 aliphatic heterocycles. The van der Waals surface area contributed by atoms with Gasteiger partial charge in [0, 0.05) is 18.7 Å². The number of nitrogens with zero attached hydrogens (tertiary/aromatic N) is 3. The zero-order valence-electron chi connectivity index (χ0n) is 16.2. The molecule has 3 aliphatic rings. The molecule has 4 unspecified atom stereocenters. The van der Waals surface area contributed by atoms with Crippen LogP contribution in [-0.2, 0) is 19.1 Å². The second kappa shape index (κ2) is 6.49. The molecular weight excluding hydrogens is 370 g/mol. The van der Waals surface area contributed by atoms with Crippen molar-refractivity contribution in [1.82, 2.24) is 9.88 Å². The van der Waals surface area contributed by atoms with Crippen LogP contribution in [0.1, 0.15) is 12.5 Å². The van der Waals surface area contributed by atoms with Gasteiger partial charge in [-0.05, 0) is 18.6 Å². The van der Waals surface area contributed by atoms with E-state index in [1.54, 1.807) is 6.20 Å². The Morgan fingerprint density at radius 1 is 1.17 bits per heavy atom. The summed E-state index contributed by atoms with van der Waals surface area (Å²) < 4.78 is 5.05. The van der Waals surface area contributed by atoms with Gasteiger partial charge in [-0.15, -0.1) is 0 Å². The highest BCUT2D eigenvalue weighted by Crippen LogP contribution is 2.49. The van der Waals surface area contributed by atoms with Crippen molar-refractivity contribution in [3.8, 4) is 0 Å². The van der Waals surface area contributed by atoms with Crippen LogP contribution in [0.5, 0.6) is 0 Å². The lowest BCUT2D eigenvalue weighted by molar-refractivity contribution is -0.141. The monoisotopic (exact) mass is 391 g/mol. The number of likely N-dealkylation sites (tertiary alicyclic amines) is 1. The third-order valence-electron chi connectivity index (χ3n) is 6.26. The molecule has 0 saturated carbocycles. The van der Waals surface area contributed by atoms with Crippen LogP contribution in [0.3, 0.4) is 0 Å². The smallest absolute Gasteiger partial charge is 0.235 e. The molecule has 4 heterocycles. The standard InChI is InChI=1S/C22H21N3O4/c1-12(26)19-17-16(21(27)24(22(17)28)10-11-29-2)15-8-7-14-6-5-13-4-3-9-23-18(13)20(14)25(15)19/h3-9,15-17,19H,10-11H2,1-2H3. The number of Topliss-reactive ketones (excluding diaryl/α,β-unsaturated/α-hetero) is 1. The summed E-state index contributed by atoms with van der Waals surface area (Å²) >= 11 is 0. The normalized spacial score (nSPS) is 27.4. The van der Waals surface area contributed by atoms with Gasteiger partial charge in [-0.25, -0.2) is 0 Å². The molecule has 2 aromatic rings. The largest absolute Gasteiger partial charge is 0.383 e. The number of carbonyl (C=O) groups excluding carboxylic acids is 3. The van der Waals surface area contributed by atoms with E-state index in [1.165, 1.54) is 18.9 Å². The fourth-order valence-electron chi connectivity index (χ4n) is 5.10.